The van der Waals surface area contributed by atoms with Crippen molar-refractivity contribution < 1.29 is 4.74 Å². The summed E-state index contributed by atoms with van der Waals surface area (Å²) in [7, 11) is 0. The fourth-order valence-electron chi connectivity index (χ4n) is 4.21. The average molecular weight is 399 g/mol. The molecule has 3 heteroatoms. The highest BCUT2D eigenvalue weighted by Gasteiger charge is 2.20. The molecule has 0 aliphatic rings. The molecule has 0 saturated heterocycles. The molecular formula is C27H30N2O. The quantitative estimate of drug-likeness (QED) is 0.371. The van der Waals surface area contributed by atoms with Crippen LogP contribution >= 0.6 is 0 Å². The molecule has 0 aliphatic carbocycles. The Morgan fingerprint density at radius 1 is 0.867 bits per heavy atom. The Morgan fingerprint density at radius 3 is 2.27 bits per heavy atom. The third kappa shape index (κ3) is 3.72. The largest absolute Gasteiger partial charge is 0.483 e. The molecule has 154 valence electrons. The van der Waals surface area contributed by atoms with Gasteiger partial charge < -0.3 is 9.30 Å². The van der Waals surface area contributed by atoms with E-state index in [4.69, 9.17) is 9.72 Å². The van der Waals surface area contributed by atoms with Crippen LogP contribution in [-0.2, 0) is 6.54 Å². The van der Waals surface area contributed by atoms with Crippen LogP contribution in [0.5, 0.6) is 5.75 Å². The molecule has 0 aliphatic heterocycles. The number of fused-ring (bicyclic) bond motifs is 1. The lowest BCUT2D eigenvalue weighted by molar-refractivity contribution is 0.212. The van der Waals surface area contributed by atoms with Crippen LogP contribution in [0.1, 0.15) is 52.2 Å². The first-order valence-corrected chi connectivity index (χ1v) is 10.6. The van der Waals surface area contributed by atoms with Crippen molar-refractivity contribution >= 4 is 11.0 Å². The summed E-state index contributed by atoms with van der Waals surface area (Å²) in [4.78, 5) is 4.97. The van der Waals surface area contributed by atoms with Gasteiger partial charge in [0.1, 0.15) is 5.75 Å². The molecule has 4 rings (SSSR count). The Kier molecular flexibility index (Phi) is 5.38. The Morgan fingerprint density at radius 2 is 1.57 bits per heavy atom. The van der Waals surface area contributed by atoms with Crippen molar-refractivity contribution in [3.63, 3.8) is 0 Å². The summed E-state index contributed by atoms with van der Waals surface area (Å²) >= 11 is 0. The van der Waals surface area contributed by atoms with Gasteiger partial charge in [-0.25, -0.2) is 4.98 Å². The summed E-state index contributed by atoms with van der Waals surface area (Å²) in [6.45, 7) is 13.8. The summed E-state index contributed by atoms with van der Waals surface area (Å²) in [5, 5.41) is 0. The number of imidazole rings is 1. The van der Waals surface area contributed by atoms with Gasteiger partial charge in [-0.15, -0.1) is 0 Å². The molecule has 1 heterocycles. The van der Waals surface area contributed by atoms with E-state index in [9.17, 15) is 0 Å². The first-order chi connectivity index (χ1) is 14.3. The van der Waals surface area contributed by atoms with E-state index in [-0.39, 0.29) is 6.10 Å². The zero-order valence-corrected chi connectivity index (χ0v) is 18.8. The smallest absolute Gasteiger partial charge is 0.153 e. The monoisotopic (exact) mass is 398 g/mol. The average Bonchev–Trinajstić information content (AvgIpc) is 3.08. The molecule has 0 N–H and O–H groups in total. The third-order valence-electron chi connectivity index (χ3n) is 6.19. The zero-order valence-electron chi connectivity index (χ0n) is 18.8. The summed E-state index contributed by atoms with van der Waals surface area (Å²) in [6.07, 6.45) is -0.161. The molecule has 0 spiro atoms. The molecule has 0 fully saturated rings. The van der Waals surface area contributed by atoms with Gasteiger partial charge in [0.2, 0.25) is 0 Å². The maximum atomic E-state index is 6.31. The first kappa shape index (κ1) is 20.2. The molecule has 0 saturated carbocycles. The van der Waals surface area contributed by atoms with E-state index in [1.54, 1.807) is 0 Å². The highest BCUT2D eigenvalue weighted by atomic mass is 16.5. The predicted octanol–water partition coefficient (Wildman–Crippen LogP) is 6.77. The number of para-hydroxylation sites is 2. The van der Waals surface area contributed by atoms with Crippen LogP contribution < -0.4 is 4.74 Å². The SMILES string of the molecule is Cc1cccc(OC(C)c2nc3ccccc3n2Cc2c(C)c(C)cc(C)c2C)c1. The molecule has 0 radical (unpaired) electrons. The normalized spacial score (nSPS) is 12.3. The van der Waals surface area contributed by atoms with Crippen molar-refractivity contribution in [2.75, 3.05) is 0 Å². The van der Waals surface area contributed by atoms with Crippen LogP contribution in [0.2, 0.25) is 0 Å². The van der Waals surface area contributed by atoms with Crippen molar-refractivity contribution in [3.8, 4) is 5.75 Å². The summed E-state index contributed by atoms with van der Waals surface area (Å²) in [5.41, 5.74) is 10.1. The molecule has 4 aromatic rings. The standard InChI is InChI=1S/C27H30N2O/c1-17-10-9-11-23(14-17)30-22(6)27-28-25-12-7-8-13-26(25)29(27)16-24-20(4)18(2)15-19(3)21(24)5/h7-15,22H,16H2,1-6H3. The minimum Gasteiger partial charge on any atom is -0.483 e. The number of benzene rings is 3. The Hall–Kier alpha value is -3.07. The van der Waals surface area contributed by atoms with Crippen LogP contribution in [0.4, 0.5) is 0 Å². The number of hydrogen-bond acceptors (Lipinski definition) is 2. The van der Waals surface area contributed by atoms with Gasteiger partial charge in [0.15, 0.2) is 11.9 Å². The Balaban J connectivity index is 1.80. The molecule has 30 heavy (non-hydrogen) atoms. The van der Waals surface area contributed by atoms with E-state index >= 15 is 0 Å². The van der Waals surface area contributed by atoms with E-state index in [0.29, 0.717) is 0 Å². The number of aryl methyl sites for hydroxylation is 3. The molecule has 0 bridgehead atoms. The van der Waals surface area contributed by atoms with Crippen molar-refractivity contribution in [2.24, 2.45) is 0 Å². The van der Waals surface area contributed by atoms with E-state index in [1.165, 1.54) is 33.4 Å². The Bertz CT molecular complexity index is 1190. The van der Waals surface area contributed by atoms with Crippen LogP contribution in [0.3, 0.4) is 0 Å². The van der Waals surface area contributed by atoms with Gasteiger partial charge in [-0.05, 0) is 99.2 Å². The second kappa shape index (κ2) is 7.98. The predicted molar refractivity (Wildman–Crippen MR) is 124 cm³/mol. The minimum absolute atomic E-state index is 0.161. The van der Waals surface area contributed by atoms with Gasteiger partial charge in [-0.1, -0.05) is 30.3 Å². The summed E-state index contributed by atoms with van der Waals surface area (Å²) < 4.78 is 8.64. The first-order valence-electron chi connectivity index (χ1n) is 10.6. The van der Waals surface area contributed by atoms with Crippen LogP contribution in [0.15, 0.2) is 54.6 Å². The van der Waals surface area contributed by atoms with Crippen molar-refractivity contribution in [2.45, 2.75) is 54.2 Å². The lowest BCUT2D eigenvalue weighted by Gasteiger charge is -2.20. The summed E-state index contributed by atoms with van der Waals surface area (Å²) in [5.74, 6) is 1.83. The minimum atomic E-state index is -0.161. The second-order valence-corrected chi connectivity index (χ2v) is 8.36. The molecule has 1 unspecified atom stereocenters. The van der Waals surface area contributed by atoms with Crippen molar-refractivity contribution in [3.05, 3.63) is 93.8 Å². The van der Waals surface area contributed by atoms with Gasteiger partial charge in [0, 0.05) is 0 Å². The molecule has 1 atom stereocenters. The highest BCUT2D eigenvalue weighted by molar-refractivity contribution is 5.76. The lowest BCUT2D eigenvalue weighted by atomic mass is 9.94. The number of hydrogen-bond donors (Lipinski definition) is 0. The lowest BCUT2D eigenvalue weighted by Crippen LogP contribution is -2.14. The van der Waals surface area contributed by atoms with E-state index in [0.717, 1.165) is 29.2 Å². The van der Waals surface area contributed by atoms with Gasteiger partial charge in [0.25, 0.3) is 0 Å². The number of rotatable bonds is 5. The van der Waals surface area contributed by atoms with Gasteiger partial charge >= 0.3 is 0 Å². The van der Waals surface area contributed by atoms with Crippen LogP contribution in [0.25, 0.3) is 11.0 Å². The Labute approximate surface area is 179 Å². The van der Waals surface area contributed by atoms with E-state index in [2.05, 4.69) is 82.5 Å². The number of aromatic nitrogens is 2. The number of nitrogens with zero attached hydrogens (tertiary/aromatic N) is 2. The third-order valence-corrected chi connectivity index (χ3v) is 6.19. The topological polar surface area (TPSA) is 27.1 Å². The fraction of sp³-hybridized carbons (Fsp3) is 0.296. The van der Waals surface area contributed by atoms with Crippen LogP contribution in [0, 0.1) is 34.6 Å². The van der Waals surface area contributed by atoms with E-state index in [1.807, 2.05) is 18.2 Å². The van der Waals surface area contributed by atoms with Gasteiger partial charge in [0.05, 0.1) is 17.6 Å². The second-order valence-electron chi connectivity index (χ2n) is 8.36. The molecule has 3 aromatic carbocycles. The maximum absolute atomic E-state index is 6.31. The van der Waals surface area contributed by atoms with Crippen molar-refractivity contribution in [1.29, 1.82) is 0 Å². The van der Waals surface area contributed by atoms with Crippen LogP contribution in [-0.4, -0.2) is 9.55 Å². The van der Waals surface area contributed by atoms with E-state index < -0.39 is 0 Å². The molecular weight excluding hydrogens is 368 g/mol. The maximum Gasteiger partial charge on any atom is 0.153 e. The fourth-order valence-corrected chi connectivity index (χ4v) is 4.21. The molecule has 3 nitrogen and oxygen atoms in total. The highest BCUT2D eigenvalue weighted by Crippen LogP contribution is 2.29. The van der Waals surface area contributed by atoms with Gasteiger partial charge in [-0.2, -0.15) is 0 Å². The van der Waals surface area contributed by atoms with Crippen molar-refractivity contribution in [1.82, 2.24) is 9.55 Å². The number of ether oxygens (including phenoxy) is 1. The molecule has 1 aromatic heterocycles. The summed E-state index contributed by atoms with van der Waals surface area (Å²) in [6, 6.07) is 18.8. The van der Waals surface area contributed by atoms with Gasteiger partial charge in [-0.3, -0.25) is 0 Å². The molecule has 0 amide bonds. The zero-order chi connectivity index (χ0) is 21.4.